The van der Waals surface area contributed by atoms with E-state index in [1.807, 2.05) is 12.1 Å². The summed E-state index contributed by atoms with van der Waals surface area (Å²) in [5, 5.41) is -0.0267. The first kappa shape index (κ1) is 18.4. The van der Waals surface area contributed by atoms with E-state index in [-0.39, 0.29) is 5.04 Å². The molecule has 0 saturated carbocycles. The summed E-state index contributed by atoms with van der Waals surface area (Å²) in [7, 11) is -5.52. The molecule has 1 rings (SSSR count). The van der Waals surface area contributed by atoms with Crippen molar-refractivity contribution in [2.24, 2.45) is 0 Å². The summed E-state index contributed by atoms with van der Waals surface area (Å²) in [5.74, 6) is 0. The second kappa shape index (κ2) is 6.63. The van der Waals surface area contributed by atoms with Crippen molar-refractivity contribution in [2.75, 3.05) is 0 Å². The lowest BCUT2D eigenvalue weighted by molar-refractivity contribution is 0.589. The third-order valence-electron chi connectivity index (χ3n) is 4.32. The van der Waals surface area contributed by atoms with Crippen LogP contribution in [0.1, 0.15) is 46.1 Å². The van der Waals surface area contributed by atoms with E-state index in [0.717, 1.165) is 19.3 Å². The molecule has 0 unspecified atom stereocenters. The molecular formula is C16H29NO2SSi. The van der Waals surface area contributed by atoms with Gasteiger partial charge in [-0.05, 0) is 35.6 Å². The fourth-order valence-electron chi connectivity index (χ4n) is 1.76. The van der Waals surface area contributed by atoms with Crippen molar-refractivity contribution in [3.05, 3.63) is 29.8 Å². The van der Waals surface area contributed by atoms with Crippen molar-refractivity contribution >= 4 is 18.3 Å². The average Bonchev–Trinajstić information content (AvgIpc) is 2.34. The number of nitrogens with one attached hydrogen (secondary N) is 1. The Morgan fingerprint density at radius 1 is 1.10 bits per heavy atom. The summed E-state index contributed by atoms with van der Waals surface area (Å²) in [5.41, 5.74) is 1.20. The van der Waals surface area contributed by atoms with Gasteiger partial charge < -0.3 is 0 Å². The Hall–Kier alpha value is -0.653. The predicted octanol–water partition coefficient (Wildman–Crippen LogP) is 4.31. The molecule has 1 aromatic carbocycles. The molecule has 0 aliphatic carbocycles. The van der Waals surface area contributed by atoms with Gasteiger partial charge in [0.1, 0.15) is 8.24 Å². The van der Waals surface area contributed by atoms with E-state index < -0.39 is 18.3 Å². The molecule has 5 heteroatoms. The minimum Gasteiger partial charge on any atom is -0.233 e. The molecule has 0 aliphatic rings. The lowest BCUT2D eigenvalue weighted by Gasteiger charge is -2.36. The Morgan fingerprint density at radius 2 is 1.62 bits per heavy atom. The number of hydrogen-bond acceptors (Lipinski definition) is 2. The van der Waals surface area contributed by atoms with Crippen LogP contribution in [-0.4, -0.2) is 16.7 Å². The van der Waals surface area contributed by atoms with E-state index in [4.69, 9.17) is 0 Å². The average molecular weight is 328 g/mol. The first-order chi connectivity index (χ1) is 9.49. The summed E-state index contributed by atoms with van der Waals surface area (Å²) in [6, 6.07) is 7.30. The minimum absolute atomic E-state index is 0.0267. The zero-order chi connectivity index (χ0) is 16.3. The Kier molecular flexibility index (Phi) is 5.81. The molecule has 1 aromatic rings. The third-order valence-corrected chi connectivity index (χ3v) is 12.1. The Balaban J connectivity index is 2.93. The summed E-state index contributed by atoms with van der Waals surface area (Å²) < 4.78 is 28.0. The van der Waals surface area contributed by atoms with Crippen molar-refractivity contribution in [2.45, 2.75) is 70.0 Å². The van der Waals surface area contributed by atoms with E-state index in [2.05, 4.69) is 45.2 Å². The van der Waals surface area contributed by atoms with Crippen LogP contribution in [0.3, 0.4) is 0 Å². The van der Waals surface area contributed by atoms with Crippen molar-refractivity contribution in [1.82, 2.24) is 4.39 Å². The van der Waals surface area contributed by atoms with Gasteiger partial charge in [0.25, 0.3) is 0 Å². The van der Waals surface area contributed by atoms with Gasteiger partial charge in [-0.1, -0.05) is 59.3 Å². The van der Waals surface area contributed by atoms with Gasteiger partial charge in [0.2, 0.25) is 10.0 Å². The quantitative estimate of drug-likeness (QED) is 0.791. The standard InChI is InChI=1S/C16H29NO2SSi/c1-7-8-9-14-10-12-15(13-11-14)20(18,19)17-21(5,6)16(2,3)4/h10-13,17H,7-9H2,1-6H3. The molecular weight excluding hydrogens is 298 g/mol. The van der Waals surface area contributed by atoms with E-state index in [1.165, 1.54) is 5.56 Å². The van der Waals surface area contributed by atoms with Crippen LogP contribution >= 0.6 is 0 Å². The highest BCUT2D eigenvalue weighted by molar-refractivity contribution is 7.91. The van der Waals surface area contributed by atoms with Gasteiger partial charge in [-0.2, -0.15) is 0 Å². The van der Waals surface area contributed by atoms with Crippen LogP contribution in [0.4, 0.5) is 0 Å². The monoisotopic (exact) mass is 327 g/mol. The summed E-state index contributed by atoms with van der Waals surface area (Å²) in [6.07, 6.45) is 3.29. The smallest absolute Gasteiger partial charge is 0.233 e. The molecule has 0 bridgehead atoms. The molecule has 0 aromatic heterocycles. The molecule has 0 aliphatic heterocycles. The van der Waals surface area contributed by atoms with E-state index >= 15 is 0 Å². The van der Waals surface area contributed by atoms with Gasteiger partial charge in [0.05, 0.1) is 4.90 Å². The van der Waals surface area contributed by atoms with Crippen molar-refractivity contribution in [1.29, 1.82) is 0 Å². The fraction of sp³-hybridized carbons (Fsp3) is 0.625. The maximum Gasteiger partial charge on any atom is 0.234 e. The molecule has 21 heavy (non-hydrogen) atoms. The second-order valence-corrected chi connectivity index (χ2v) is 14.3. The van der Waals surface area contributed by atoms with E-state index in [9.17, 15) is 8.42 Å². The molecule has 0 fully saturated rings. The van der Waals surface area contributed by atoms with Gasteiger partial charge in [0, 0.05) is 0 Å². The molecule has 120 valence electrons. The van der Waals surface area contributed by atoms with E-state index in [1.54, 1.807) is 12.1 Å². The molecule has 0 amide bonds. The molecule has 3 nitrogen and oxygen atoms in total. The van der Waals surface area contributed by atoms with Gasteiger partial charge >= 0.3 is 0 Å². The Bertz CT molecular complexity index is 557. The highest BCUT2D eigenvalue weighted by Crippen LogP contribution is 2.34. The number of rotatable bonds is 6. The molecule has 0 heterocycles. The highest BCUT2D eigenvalue weighted by atomic mass is 32.2. The lowest BCUT2D eigenvalue weighted by atomic mass is 10.1. The Labute approximate surface area is 131 Å². The first-order valence-corrected chi connectivity index (χ1v) is 12.1. The van der Waals surface area contributed by atoms with Crippen LogP contribution in [0.2, 0.25) is 18.1 Å². The number of sulfonamides is 1. The zero-order valence-corrected chi connectivity index (χ0v) is 16.0. The minimum atomic E-state index is -3.43. The number of hydrogen-bond donors (Lipinski definition) is 1. The van der Waals surface area contributed by atoms with Gasteiger partial charge in [0.15, 0.2) is 0 Å². The summed E-state index contributed by atoms with van der Waals surface area (Å²) >= 11 is 0. The van der Waals surface area contributed by atoms with Crippen molar-refractivity contribution in [3.8, 4) is 0 Å². The largest absolute Gasteiger partial charge is 0.234 e. The molecule has 0 atom stereocenters. The maximum atomic E-state index is 12.5. The zero-order valence-electron chi connectivity index (χ0n) is 14.2. The first-order valence-electron chi connectivity index (χ1n) is 7.62. The number of aryl methyl sites for hydroxylation is 1. The van der Waals surface area contributed by atoms with Gasteiger partial charge in [-0.25, -0.2) is 12.8 Å². The second-order valence-electron chi connectivity index (χ2n) is 7.23. The van der Waals surface area contributed by atoms with E-state index in [0.29, 0.717) is 4.90 Å². The number of benzene rings is 1. The van der Waals surface area contributed by atoms with Crippen molar-refractivity contribution < 1.29 is 8.42 Å². The van der Waals surface area contributed by atoms with Crippen LogP contribution in [0, 0.1) is 0 Å². The predicted molar refractivity (Wildman–Crippen MR) is 92.6 cm³/mol. The summed E-state index contributed by atoms with van der Waals surface area (Å²) in [6.45, 7) is 12.5. The van der Waals surface area contributed by atoms with Crippen LogP contribution in [0.5, 0.6) is 0 Å². The van der Waals surface area contributed by atoms with Crippen LogP contribution in [0.15, 0.2) is 29.2 Å². The van der Waals surface area contributed by atoms with Gasteiger partial charge in [-0.15, -0.1) is 0 Å². The maximum absolute atomic E-state index is 12.5. The normalized spacial score (nSPS) is 13.4. The van der Waals surface area contributed by atoms with Gasteiger partial charge in [-0.3, -0.25) is 0 Å². The topological polar surface area (TPSA) is 46.2 Å². The number of unbranched alkanes of at least 4 members (excludes halogenated alkanes) is 1. The third kappa shape index (κ3) is 4.93. The summed E-state index contributed by atoms with van der Waals surface area (Å²) in [4.78, 5) is 0.368. The van der Waals surface area contributed by atoms with Crippen LogP contribution in [0.25, 0.3) is 0 Å². The molecule has 0 spiro atoms. The SMILES string of the molecule is CCCCc1ccc(S(=O)(=O)N[Si](C)(C)C(C)(C)C)cc1. The molecule has 1 N–H and O–H groups in total. The highest BCUT2D eigenvalue weighted by Gasteiger charge is 2.39. The van der Waals surface area contributed by atoms with Crippen LogP contribution in [-0.2, 0) is 16.4 Å². The van der Waals surface area contributed by atoms with Crippen LogP contribution < -0.4 is 4.39 Å². The molecule has 0 saturated heterocycles. The molecule has 0 radical (unpaired) electrons. The lowest BCUT2D eigenvalue weighted by Crippen LogP contribution is -2.54. The fourth-order valence-corrected chi connectivity index (χ4v) is 6.64. The Morgan fingerprint density at radius 3 is 2.05 bits per heavy atom. The van der Waals surface area contributed by atoms with Crippen molar-refractivity contribution in [3.63, 3.8) is 0 Å².